The number of hydrogen-bond donors (Lipinski definition) is 1. The van der Waals surface area contributed by atoms with Crippen molar-refractivity contribution in [2.45, 2.75) is 32.7 Å². The fourth-order valence-electron chi connectivity index (χ4n) is 1.65. The molecule has 1 rings (SSSR count). The van der Waals surface area contributed by atoms with Gasteiger partial charge in [-0.2, -0.15) is 0 Å². The summed E-state index contributed by atoms with van der Waals surface area (Å²) in [5.41, 5.74) is 1.58. The van der Waals surface area contributed by atoms with Crippen LogP contribution in [0.1, 0.15) is 35.7 Å². The Bertz CT molecular complexity index is 373. The monoisotopic (exact) mass is 273 g/mol. The zero-order valence-corrected chi connectivity index (χ0v) is 11.6. The quantitative estimate of drug-likeness (QED) is 0.813. The van der Waals surface area contributed by atoms with Crippen LogP contribution in [0.2, 0.25) is 5.02 Å². The zero-order chi connectivity index (χ0) is 12.8. The number of nitrogens with one attached hydrogen (secondary N) is 1. The van der Waals surface area contributed by atoms with Crippen molar-refractivity contribution in [3.8, 4) is 0 Å². The lowest BCUT2D eigenvalue weighted by molar-refractivity contribution is 0.0935. The third kappa shape index (κ3) is 4.57. The van der Waals surface area contributed by atoms with Gasteiger partial charge < -0.3 is 5.32 Å². The average Bonchev–Trinajstić information content (AvgIpc) is 2.27. The number of halogens is 2. The fourth-order valence-corrected chi connectivity index (χ4v) is 2.20. The van der Waals surface area contributed by atoms with E-state index in [1.165, 1.54) is 0 Å². The lowest BCUT2D eigenvalue weighted by atomic mass is 10.1. The Kier molecular flexibility index (Phi) is 5.79. The van der Waals surface area contributed by atoms with E-state index in [1.807, 2.05) is 26.0 Å². The van der Waals surface area contributed by atoms with Crippen LogP contribution in [-0.4, -0.2) is 17.8 Å². The molecule has 1 atom stereocenters. The molecule has 0 aromatic heterocycles. The number of hydrogen-bond acceptors (Lipinski definition) is 1. The van der Waals surface area contributed by atoms with Gasteiger partial charge in [0.2, 0.25) is 0 Å². The number of alkyl halides is 1. The first kappa shape index (κ1) is 14.3. The molecule has 0 heterocycles. The van der Waals surface area contributed by atoms with Crippen LogP contribution < -0.4 is 5.32 Å². The van der Waals surface area contributed by atoms with Gasteiger partial charge in [-0.3, -0.25) is 4.79 Å². The predicted octanol–water partition coefficient (Wildman–Crippen LogP) is 3.79. The van der Waals surface area contributed by atoms with Crippen LogP contribution in [0.25, 0.3) is 0 Å². The maximum Gasteiger partial charge on any atom is 0.251 e. The number of aryl methyl sites for hydroxylation is 1. The van der Waals surface area contributed by atoms with Gasteiger partial charge in [-0.1, -0.05) is 18.5 Å². The second kappa shape index (κ2) is 6.87. The average molecular weight is 274 g/mol. The molecule has 1 N–H and O–H groups in total. The molecule has 0 aliphatic heterocycles. The molecule has 1 aromatic carbocycles. The maximum atomic E-state index is 12.0. The molecule has 0 radical (unpaired) electrons. The Morgan fingerprint density at radius 1 is 1.41 bits per heavy atom. The molecule has 4 heteroatoms. The van der Waals surface area contributed by atoms with Crippen LogP contribution >= 0.6 is 23.2 Å². The Hall–Kier alpha value is -0.730. The molecule has 0 fully saturated rings. The highest BCUT2D eigenvalue weighted by molar-refractivity contribution is 6.31. The van der Waals surface area contributed by atoms with E-state index < -0.39 is 0 Å². The number of benzene rings is 1. The second-order valence-electron chi connectivity index (χ2n) is 4.07. The first-order valence-electron chi connectivity index (χ1n) is 5.70. The molecule has 2 nitrogen and oxygen atoms in total. The highest BCUT2D eigenvalue weighted by Gasteiger charge is 2.12. The van der Waals surface area contributed by atoms with E-state index in [-0.39, 0.29) is 11.9 Å². The summed E-state index contributed by atoms with van der Waals surface area (Å²) in [4.78, 5) is 12.0. The summed E-state index contributed by atoms with van der Waals surface area (Å²) in [6.45, 7) is 3.94. The van der Waals surface area contributed by atoms with E-state index >= 15 is 0 Å². The summed E-state index contributed by atoms with van der Waals surface area (Å²) < 4.78 is 0. The van der Waals surface area contributed by atoms with Gasteiger partial charge in [-0.25, -0.2) is 0 Å². The first-order chi connectivity index (χ1) is 8.06. The molecular formula is C13H17Cl2NO. The highest BCUT2D eigenvalue weighted by Crippen LogP contribution is 2.15. The minimum absolute atomic E-state index is 0.0902. The first-order valence-corrected chi connectivity index (χ1v) is 6.62. The van der Waals surface area contributed by atoms with Crippen molar-refractivity contribution in [1.82, 2.24) is 5.32 Å². The smallest absolute Gasteiger partial charge is 0.251 e. The van der Waals surface area contributed by atoms with Crippen LogP contribution in [-0.2, 0) is 0 Å². The third-order valence-corrected chi connectivity index (χ3v) is 3.03. The second-order valence-corrected chi connectivity index (χ2v) is 4.89. The minimum Gasteiger partial charge on any atom is -0.349 e. The Morgan fingerprint density at radius 2 is 2.12 bits per heavy atom. The van der Waals surface area contributed by atoms with Gasteiger partial charge in [-0.15, -0.1) is 11.6 Å². The van der Waals surface area contributed by atoms with Gasteiger partial charge in [-0.05, 0) is 43.5 Å². The van der Waals surface area contributed by atoms with E-state index in [9.17, 15) is 4.79 Å². The van der Waals surface area contributed by atoms with E-state index in [4.69, 9.17) is 23.2 Å². The zero-order valence-electron chi connectivity index (χ0n) is 10.1. The largest absolute Gasteiger partial charge is 0.349 e. The highest BCUT2D eigenvalue weighted by atomic mass is 35.5. The van der Waals surface area contributed by atoms with Crippen LogP contribution in [0.3, 0.4) is 0 Å². The van der Waals surface area contributed by atoms with Gasteiger partial charge in [0.25, 0.3) is 5.91 Å². The van der Waals surface area contributed by atoms with Crippen molar-refractivity contribution in [3.05, 3.63) is 34.3 Å². The van der Waals surface area contributed by atoms with E-state index in [0.29, 0.717) is 16.5 Å². The van der Waals surface area contributed by atoms with Gasteiger partial charge in [0, 0.05) is 22.5 Å². The fraction of sp³-hybridized carbons (Fsp3) is 0.462. The number of rotatable bonds is 5. The van der Waals surface area contributed by atoms with Crippen LogP contribution in [0.4, 0.5) is 0 Å². The summed E-state index contributed by atoms with van der Waals surface area (Å²) in [7, 11) is 0. The van der Waals surface area contributed by atoms with E-state index in [2.05, 4.69) is 5.32 Å². The van der Waals surface area contributed by atoms with Crippen molar-refractivity contribution in [2.75, 3.05) is 5.88 Å². The standard InChI is InChI=1S/C13H17Cl2NO/c1-3-12(4-5-14)16-13(17)10-6-9(2)7-11(15)8-10/h6-8,12H,3-5H2,1-2H3,(H,16,17). The molecule has 0 spiro atoms. The summed E-state index contributed by atoms with van der Waals surface area (Å²) in [6, 6.07) is 5.46. The number of carbonyl (C=O) groups excluding carboxylic acids is 1. The van der Waals surface area contributed by atoms with Crippen LogP contribution in [0.15, 0.2) is 18.2 Å². The summed E-state index contributed by atoms with van der Waals surface area (Å²) in [5.74, 6) is 0.459. The lowest BCUT2D eigenvalue weighted by Crippen LogP contribution is -2.34. The molecular weight excluding hydrogens is 257 g/mol. The third-order valence-electron chi connectivity index (χ3n) is 2.59. The van der Waals surface area contributed by atoms with Gasteiger partial charge in [0.15, 0.2) is 0 Å². The van der Waals surface area contributed by atoms with Crippen molar-refractivity contribution in [2.24, 2.45) is 0 Å². The van der Waals surface area contributed by atoms with E-state index in [1.54, 1.807) is 6.07 Å². The molecule has 0 aliphatic carbocycles. The predicted molar refractivity (Wildman–Crippen MR) is 73.1 cm³/mol. The van der Waals surface area contributed by atoms with Crippen molar-refractivity contribution < 1.29 is 4.79 Å². The lowest BCUT2D eigenvalue weighted by Gasteiger charge is -2.15. The molecule has 1 aromatic rings. The summed E-state index contributed by atoms with van der Waals surface area (Å²) >= 11 is 11.6. The Balaban J connectivity index is 2.75. The van der Waals surface area contributed by atoms with Crippen LogP contribution in [0.5, 0.6) is 0 Å². The Morgan fingerprint density at radius 3 is 2.65 bits per heavy atom. The molecule has 0 saturated heterocycles. The normalized spacial score (nSPS) is 12.2. The van der Waals surface area contributed by atoms with Crippen molar-refractivity contribution in [3.63, 3.8) is 0 Å². The van der Waals surface area contributed by atoms with Crippen LogP contribution in [0, 0.1) is 6.92 Å². The number of amides is 1. The maximum absolute atomic E-state index is 12.0. The van der Waals surface area contributed by atoms with Crippen molar-refractivity contribution >= 4 is 29.1 Å². The van der Waals surface area contributed by atoms with Gasteiger partial charge >= 0.3 is 0 Å². The molecule has 1 unspecified atom stereocenters. The molecule has 94 valence electrons. The SMILES string of the molecule is CCC(CCCl)NC(=O)c1cc(C)cc(Cl)c1. The topological polar surface area (TPSA) is 29.1 Å². The summed E-state index contributed by atoms with van der Waals surface area (Å²) in [5, 5.41) is 3.54. The molecule has 0 saturated carbocycles. The van der Waals surface area contributed by atoms with Gasteiger partial charge in [0.05, 0.1) is 0 Å². The molecule has 0 bridgehead atoms. The molecule has 17 heavy (non-hydrogen) atoms. The summed E-state index contributed by atoms with van der Waals surface area (Å²) in [6.07, 6.45) is 1.65. The van der Waals surface area contributed by atoms with Gasteiger partial charge in [0.1, 0.15) is 0 Å². The van der Waals surface area contributed by atoms with E-state index in [0.717, 1.165) is 18.4 Å². The minimum atomic E-state index is -0.0902. The number of carbonyl (C=O) groups is 1. The Labute approximate surface area is 112 Å². The molecule has 1 amide bonds. The van der Waals surface area contributed by atoms with Crippen molar-refractivity contribution in [1.29, 1.82) is 0 Å². The molecule has 0 aliphatic rings.